The van der Waals surface area contributed by atoms with Crippen molar-refractivity contribution in [2.45, 2.75) is 13.0 Å². The van der Waals surface area contributed by atoms with Gasteiger partial charge in [-0.2, -0.15) is 0 Å². The number of carbonyl (C=O) groups excluding carboxylic acids is 1. The zero-order valence-electron chi connectivity index (χ0n) is 11.6. The van der Waals surface area contributed by atoms with E-state index in [1.807, 2.05) is 31.2 Å². The van der Waals surface area contributed by atoms with Gasteiger partial charge >= 0.3 is 0 Å². The summed E-state index contributed by atoms with van der Waals surface area (Å²) in [6.07, 6.45) is 0. The number of likely N-dealkylation sites (N-methyl/N-ethyl adjacent to an activating group) is 1. The summed E-state index contributed by atoms with van der Waals surface area (Å²) in [6.45, 7) is 1.83. The molecule has 1 aromatic rings. The number of carbonyl (C=O) groups is 1. The zero-order valence-corrected chi connectivity index (χ0v) is 12.4. The van der Waals surface area contributed by atoms with Gasteiger partial charge in [0.25, 0.3) is 5.91 Å². The number of thiocarbonyl (C=S) groups is 1. The molecule has 1 aliphatic heterocycles. The summed E-state index contributed by atoms with van der Waals surface area (Å²) < 4.78 is 5.37. The van der Waals surface area contributed by atoms with E-state index in [0.29, 0.717) is 16.4 Å². The van der Waals surface area contributed by atoms with Crippen LogP contribution >= 0.6 is 12.2 Å². The summed E-state index contributed by atoms with van der Waals surface area (Å²) in [5, 5.41) is 9.25. The maximum atomic E-state index is 12.1. The molecule has 0 aromatic heterocycles. The van der Waals surface area contributed by atoms with Gasteiger partial charge in [0.1, 0.15) is 5.75 Å². The summed E-state index contributed by atoms with van der Waals surface area (Å²) in [4.78, 5) is 12.1. The maximum absolute atomic E-state index is 12.1. The number of ether oxygens (including phenoxy) is 1. The first-order valence-corrected chi connectivity index (χ1v) is 6.62. The molecule has 1 amide bonds. The number of rotatable bonds is 3. The summed E-state index contributed by atoms with van der Waals surface area (Å²) in [7, 11) is 3.21. The van der Waals surface area contributed by atoms with Crippen LogP contribution in [0.15, 0.2) is 35.5 Å². The van der Waals surface area contributed by atoms with Gasteiger partial charge in [-0.25, -0.2) is 0 Å². The van der Waals surface area contributed by atoms with Crippen molar-refractivity contribution in [3.8, 4) is 5.75 Å². The van der Waals surface area contributed by atoms with Gasteiger partial charge in [-0.1, -0.05) is 18.2 Å². The number of hydrogen-bond donors (Lipinski definition) is 3. The molecule has 0 saturated carbocycles. The summed E-state index contributed by atoms with van der Waals surface area (Å²) in [6, 6.07) is 7.23. The molecule has 106 valence electrons. The first-order valence-electron chi connectivity index (χ1n) is 6.21. The average Bonchev–Trinajstić information content (AvgIpc) is 2.45. The lowest BCUT2D eigenvalue weighted by Crippen LogP contribution is -2.46. The van der Waals surface area contributed by atoms with Crippen molar-refractivity contribution in [1.82, 2.24) is 16.0 Å². The Hall–Kier alpha value is -2.08. The summed E-state index contributed by atoms with van der Waals surface area (Å²) in [5.41, 5.74) is 2.21. The van der Waals surface area contributed by atoms with Crippen molar-refractivity contribution in [2.24, 2.45) is 0 Å². The van der Waals surface area contributed by atoms with Crippen LogP contribution in [0, 0.1) is 0 Å². The average molecular weight is 291 g/mol. The summed E-state index contributed by atoms with van der Waals surface area (Å²) >= 11 is 5.19. The molecule has 1 atom stereocenters. The van der Waals surface area contributed by atoms with E-state index in [0.717, 1.165) is 11.3 Å². The Balaban J connectivity index is 2.54. The molecule has 0 spiro atoms. The molecule has 20 heavy (non-hydrogen) atoms. The fourth-order valence-corrected chi connectivity index (χ4v) is 2.54. The third kappa shape index (κ3) is 2.60. The van der Waals surface area contributed by atoms with E-state index < -0.39 is 0 Å². The molecule has 0 radical (unpaired) electrons. The Bertz CT molecular complexity index is 584. The molecule has 0 fully saturated rings. The summed E-state index contributed by atoms with van der Waals surface area (Å²) in [5.74, 6) is 0.560. The molecule has 0 bridgehead atoms. The maximum Gasteiger partial charge on any atom is 0.251 e. The lowest BCUT2D eigenvalue weighted by Gasteiger charge is -2.30. The second-order valence-corrected chi connectivity index (χ2v) is 4.80. The highest BCUT2D eigenvalue weighted by Crippen LogP contribution is 2.32. The van der Waals surface area contributed by atoms with E-state index >= 15 is 0 Å². The third-order valence-corrected chi connectivity index (χ3v) is 3.41. The van der Waals surface area contributed by atoms with E-state index in [2.05, 4.69) is 16.0 Å². The number of nitrogens with one attached hydrogen (secondary N) is 3. The van der Waals surface area contributed by atoms with E-state index in [4.69, 9.17) is 17.0 Å². The number of hydrogen-bond acceptors (Lipinski definition) is 3. The van der Waals surface area contributed by atoms with Crippen molar-refractivity contribution in [2.75, 3.05) is 14.2 Å². The highest BCUT2D eigenvalue weighted by molar-refractivity contribution is 7.80. The fraction of sp³-hybridized carbons (Fsp3) is 0.286. The lowest BCUT2D eigenvalue weighted by atomic mass is 9.94. The zero-order chi connectivity index (χ0) is 14.7. The minimum atomic E-state index is -0.333. The topological polar surface area (TPSA) is 62.4 Å². The molecule has 2 rings (SSSR count). The van der Waals surface area contributed by atoms with Gasteiger partial charge < -0.3 is 20.7 Å². The minimum absolute atomic E-state index is 0.152. The number of allylic oxidation sites excluding steroid dienone is 1. The molecule has 3 N–H and O–H groups in total. The number of amides is 1. The fourth-order valence-electron chi connectivity index (χ4n) is 2.27. The van der Waals surface area contributed by atoms with E-state index in [1.165, 1.54) is 0 Å². The quantitative estimate of drug-likeness (QED) is 0.731. The molecule has 1 heterocycles. The van der Waals surface area contributed by atoms with E-state index in [-0.39, 0.29) is 11.9 Å². The Morgan fingerprint density at radius 1 is 1.40 bits per heavy atom. The van der Waals surface area contributed by atoms with Crippen LogP contribution < -0.4 is 20.7 Å². The van der Waals surface area contributed by atoms with Crippen LogP contribution in [0.25, 0.3) is 0 Å². The van der Waals surface area contributed by atoms with Crippen molar-refractivity contribution >= 4 is 23.2 Å². The monoisotopic (exact) mass is 291 g/mol. The molecule has 6 heteroatoms. The molecule has 1 aromatic carbocycles. The van der Waals surface area contributed by atoms with Gasteiger partial charge in [0.05, 0.1) is 18.7 Å². The van der Waals surface area contributed by atoms with Crippen LogP contribution in [0.4, 0.5) is 0 Å². The van der Waals surface area contributed by atoms with Crippen LogP contribution in [0.5, 0.6) is 5.75 Å². The standard InChI is InChI=1S/C14H17N3O2S/c1-8-11(13(18)15-2)12(17-14(20)16-8)9-6-4-5-7-10(9)19-3/h4-7,12H,1-3H3,(H,15,18)(H2,16,17,20). The van der Waals surface area contributed by atoms with Crippen LogP contribution in [0.2, 0.25) is 0 Å². The van der Waals surface area contributed by atoms with Gasteiger partial charge in [-0.15, -0.1) is 0 Å². The second kappa shape index (κ2) is 5.92. The Morgan fingerprint density at radius 2 is 2.10 bits per heavy atom. The molecule has 5 nitrogen and oxygen atoms in total. The van der Waals surface area contributed by atoms with Crippen molar-refractivity contribution in [3.63, 3.8) is 0 Å². The van der Waals surface area contributed by atoms with Crippen molar-refractivity contribution < 1.29 is 9.53 Å². The normalized spacial score (nSPS) is 18.1. The van der Waals surface area contributed by atoms with Crippen molar-refractivity contribution in [3.05, 3.63) is 41.1 Å². The predicted molar refractivity (Wildman–Crippen MR) is 81.4 cm³/mol. The number of methoxy groups -OCH3 is 1. The Labute approximate surface area is 123 Å². The van der Waals surface area contributed by atoms with Gasteiger partial charge in [0.2, 0.25) is 0 Å². The highest BCUT2D eigenvalue weighted by Gasteiger charge is 2.30. The van der Waals surface area contributed by atoms with Gasteiger partial charge in [0, 0.05) is 18.3 Å². The molecule has 1 aliphatic rings. The molecular formula is C14H17N3O2S. The molecule has 0 aliphatic carbocycles. The molecule has 0 saturated heterocycles. The van der Waals surface area contributed by atoms with Crippen LogP contribution in [-0.4, -0.2) is 25.2 Å². The van der Waals surface area contributed by atoms with Crippen LogP contribution in [0.3, 0.4) is 0 Å². The highest BCUT2D eigenvalue weighted by atomic mass is 32.1. The Morgan fingerprint density at radius 3 is 2.75 bits per heavy atom. The first kappa shape index (κ1) is 14.3. The number of benzene rings is 1. The van der Waals surface area contributed by atoms with E-state index in [9.17, 15) is 4.79 Å². The van der Waals surface area contributed by atoms with Crippen LogP contribution in [-0.2, 0) is 4.79 Å². The smallest absolute Gasteiger partial charge is 0.251 e. The first-order chi connectivity index (χ1) is 9.58. The SMILES string of the molecule is CNC(=O)C1=C(C)NC(=S)NC1c1ccccc1OC. The van der Waals surface area contributed by atoms with Gasteiger partial charge in [-0.05, 0) is 25.2 Å². The molecular weight excluding hydrogens is 274 g/mol. The third-order valence-electron chi connectivity index (χ3n) is 3.19. The number of para-hydroxylation sites is 1. The minimum Gasteiger partial charge on any atom is -0.496 e. The lowest BCUT2D eigenvalue weighted by molar-refractivity contribution is -0.117. The largest absolute Gasteiger partial charge is 0.496 e. The van der Waals surface area contributed by atoms with E-state index in [1.54, 1.807) is 14.2 Å². The second-order valence-electron chi connectivity index (χ2n) is 4.39. The predicted octanol–water partition coefficient (Wildman–Crippen LogP) is 1.23. The molecule has 1 unspecified atom stereocenters. The van der Waals surface area contributed by atoms with Crippen molar-refractivity contribution in [1.29, 1.82) is 0 Å². The Kier molecular flexibility index (Phi) is 4.24. The van der Waals surface area contributed by atoms with Crippen LogP contribution in [0.1, 0.15) is 18.5 Å². The van der Waals surface area contributed by atoms with Gasteiger partial charge in [0.15, 0.2) is 5.11 Å². The van der Waals surface area contributed by atoms with Gasteiger partial charge in [-0.3, -0.25) is 4.79 Å².